The number of hydrogen-bond acceptors (Lipinski definition) is 4. The minimum absolute atomic E-state index is 0.138. The Kier molecular flexibility index (Phi) is 3.77. The molecule has 1 aromatic heterocycles. The molecule has 2 heterocycles. The number of aromatic nitrogens is 1. The Morgan fingerprint density at radius 2 is 2.09 bits per heavy atom. The van der Waals surface area contributed by atoms with Gasteiger partial charge in [0.2, 0.25) is 0 Å². The molecule has 1 saturated carbocycles. The third-order valence-corrected chi connectivity index (χ3v) is 4.70. The van der Waals surface area contributed by atoms with Crippen LogP contribution in [0.1, 0.15) is 47.8 Å². The number of nitrogens with zero attached hydrogens (tertiary/aromatic N) is 2. The van der Waals surface area contributed by atoms with Gasteiger partial charge in [0.1, 0.15) is 5.76 Å². The van der Waals surface area contributed by atoms with Crippen molar-refractivity contribution in [1.82, 2.24) is 10.5 Å². The zero-order valence-electron chi connectivity index (χ0n) is 13.1. The van der Waals surface area contributed by atoms with Crippen LogP contribution in [0.3, 0.4) is 0 Å². The van der Waals surface area contributed by atoms with Gasteiger partial charge in [0.15, 0.2) is 5.69 Å². The minimum Gasteiger partial charge on any atom is -0.367 e. The van der Waals surface area contributed by atoms with Crippen molar-refractivity contribution in [3.8, 4) is 0 Å². The molecule has 23 heavy (non-hydrogen) atoms. The molecule has 1 amide bonds. The highest BCUT2D eigenvalue weighted by molar-refractivity contribution is 5.92. The maximum atomic E-state index is 12.2. The van der Waals surface area contributed by atoms with Crippen molar-refractivity contribution in [3.63, 3.8) is 0 Å². The summed E-state index contributed by atoms with van der Waals surface area (Å²) in [6.07, 6.45) is 4.54. The molecule has 1 atom stereocenters. The van der Waals surface area contributed by atoms with Crippen molar-refractivity contribution in [2.24, 2.45) is 0 Å². The maximum absolute atomic E-state index is 12.2. The van der Waals surface area contributed by atoms with Gasteiger partial charge in [0.05, 0.1) is 0 Å². The van der Waals surface area contributed by atoms with Gasteiger partial charge in [-0.3, -0.25) is 4.79 Å². The first kappa shape index (κ1) is 14.3. The Bertz CT molecular complexity index is 679. The first-order valence-corrected chi connectivity index (χ1v) is 8.38. The molecule has 2 fully saturated rings. The van der Waals surface area contributed by atoms with Gasteiger partial charge in [0.25, 0.3) is 5.91 Å². The lowest BCUT2D eigenvalue weighted by molar-refractivity contribution is 0.0942. The van der Waals surface area contributed by atoms with E-state index >= 15 is 0 Å². The molecule has 1 saturated heterocycles. The summed E-state index contributed by atoms with van der Waals surface area (Å²) in [4.78, 5) is 14.6. The third-order valence-electron chi connectivity index (χ3n) is 4.70. The number of amides is 1. The van der Waals surface area contributed by atoms with Crippen LogP contribution in [0.15, 0.2) is 40.9 Å². The zero-order valence-corrected chi connectivity index (χ0v) is 13.1. The SMILES string of the molecule is O=C(NC[C@H]1CCCN1c1ccccc1)c1cc(C2CC2)on1. The average molecular weight is 311 g/mol. The number of hydrogen-bond donors (Lipinski definition) is 1. The molecule has 1 aromatic carbocycles. The number of anilines is 1. The molecule has 4 rings (SSSR count). The van der Waals surface area contributed by atoms with Crippen LogP contribution in [0.4, 0.5) is 5.69 Å². The standard InChI is InChI=1S/C18H21N3O2/c22-18(16-11-17(23-20-16)13-8-9-13)19-12-15-7-4-10-21(15)14-5-2-1-3-6-14/h1-3,5-6,11,13,15H,4,7-10,12H2,(H,19,22)/t15-/m1/s1. The Labute approximate surface area is 135 Å². The number of rotatable bonds is 5. The highest BCUT2D eigenvalue weighted by Gasteiger charge is 2.29. The van der Waals surface area contributed by atoms with Gasteiger partial charge in [-0.15, -0.1) is 0 Å². The fourth-order valence-electron chi connectivity index (χ4n) is 3.26. The van der Waals surface area contributed by atoms with E-state index in [4.69, 9.17) is 4.52 Å². The van der Waals surface area contributed by atoms with Crippen molar-refractivity contribution in [2.45, 2.75) is 37.6 Å². The normalized spacial score (nSPS) is 20.7. The van der Waals surface area contributed by atoms with E-state index in [-0.39, 0.29) is 5.91 Å². The maximum Gasteiger partial charge on any atom is 0.273 e. The zero-order chi connectivity index (χ0) is 15.6. The van der Waals surface area contributed by atoms with Crippen LogP contribution in [0, 0.1) is 0 Å². The second-order valence-corrected chi connectivity index (χ2v) is 6.42. The summed E-state index contributed by atoms with van der Waals surface area (Å²) in [5.74, 6) is 1.19. The highest BCUT2D eigenvalue weighted by atomic mass is 16.5. The van der Waals surface area contributed by atoms with E-state index in [9.17, 15) is 4.79 Å². The number of carbonyl (C=O) groups is 1. The highest BCUT2D eigenvalue weighted by Crippen LogP contribution is 2.40. The van der Waals surface area contributed by atoms with Gasteiger partial charge in [-0.2, -0.15) is 0 Å². The molecule has 0 radical (unpaired) electrons. The van der Waals surface area contributed by atoms with Gasteiger partial charge in [0, 0.05) is 36.8 Å². The van der Waals surface area contributed by atoms with E-state index in [0.29, 0.717) is 24.2 Å². The van der Waals surface area contributed by atoms with Gasteiger partial charge in [-0.05, 0) is 37.8 Å². The summed E-state index contributed by atoms with van der Waals surface area (Å²) < 4.78 is 5.25. The summed E-state index contributed by atoms with van der Waals surface area (Å²) in [7, 11) is 0. The second kappa shape index (κ2) is 6.07. The molecular formula is C18H21N3O2. The molecule has 120 valence electrons. The van der Waals surface area contributed by atoms with Gasteiger partial charge in [-0.25, -0.2) is 0 Å². The molecule has 5 nitrogen and oxygen atoms in total. The van der Waals surface area contributed by atoms with Gasteiger partial charge in [-0.1, -0.05) is 23.4 Å². The van der Waals surface area contributed by atoms with E-state index < -0.39 is 0 Å². The van der Waals surface area contributed by atoms with Crippen LogP contribution in [-0.4, -0.2) is 30.2 Å². The Balaban J connectivity index is 1.36. The van der Waals surface area contributed by atoms with Gasteiger partial charge < -0.3 is 14.7 Å². The van der Waals surface area contributed by atoms with Crippen LogP contribution in [0.5, 0.6) is 0 Å². The lowest BCUT2D eigenvalue weighted by atomic mass is 10.2. The van der Waals surface area contributed by atoms with E-state index in [1.54, 1.807) is 6.07 Å². The molecule has 0 spiro atoms. The number of carbonyl (C=O) groups excluding carboxylic acids is 1. The smallest absolute Gasteiger partial charge is 0.273 e. The van der Waals surface area contributed by atoms with E-state index in [1.165, 1.54) is 5.69 Å². The van der Waals surface area contributed by atoms with Crippen molar-refractivity contribution < 1.29 is 9.32 Å². The average Bonchev–Trinajstić information content (AvgIpc) is 3.14. The van der Waals surface area contributed by atoms with Crippen LogP contribution < -0.4 is 10.2 Å². The van der Waals surface area contributed by atoms with E-state index in [2.05, 4.69) is 39.6 Å². The van der Waals surface area contributed by atoms with Crippen molar-refractivity contribution in [2.75, 3.05) is 18.0 Å². The Hall–Kier alpha value is -2.30. The molecular weight excluding hydrogens is 290 g/mol. The molecule has 0 unspecified atom stereocenters. The predicted octanol–water partition coefficient (Wildman–Crippen LogP) is 2.95. The summed E-state index contributed by atoms with van der Waals surface area (Å²) in [6, 6.07) is 12.5. The number of nitrogens with one attached hydrogen (secondary N) is 1. The van der Waals surface area contributed by atoms with Crippen LogP contribution in [0.2, 0.25) is 0 Å². The summed E-state index contributed by atoms with van der Waals surface area (Å²) in [5.41, 5.74) is 1.62. The van der Waals surface area contributed by atoms with Crippen LogP contribution in [-0.2, 0) is 0 Å². The number of benzene rings is 1. The molecule has 1 aliphatic carbocycles. The molecule has 2 aromatic rings. The fourth-order valence-corrected chi connectivity index (χ4v) is 3.26. The Morgan fingerprint density at radius 1 is 1.26 bits per heavy atom. The van der Waals surface area contributed by atoms with Crippen LogP contribution >= 0.6 is 0 Å². The first-order chi connectivity index (χ1) is 11.3. The monoisotopic (exact) mass is 311 g/mol. The molecule has 0 bridgehead atoms. The largest absolute Gasteiger partial charge is 0.367 e. The predicted molar refractivity (Wildman–Crippen MR) is 87.6 cm³/mol. The lowest BCUT2D eigenvalue weighted by Gasteiger charge is -2.26. The minimum atomic E-state index is -0.138. The summed E-state index contributed by atoms with van der Waals surface area (Å²) in [5, 5.41) is 6.91. The first-order valence-electron chi connectivity index (χ1n) is 8.38. The molecule has 2 aliphatic rings. The fraction of sp³-hybridized carbons (Fsp3) is 0.444. The van der Waals surface area contributed by atoms with Gasteiger partial charge >= 0.3 is 0 Å². The molecule has 1 N–H and O–H groups in total. The van der Waals surface area contributed by atoms with Crippen molar-refractivity contribution in [1.29, 1.82) is 0 Å². The van der Waals surface area contributed by atoms with E-state index in [1.807, 2.05) is 6.07 Å². The second-order valence-electron chi connectivity index (χ2n) is 6.42. The summed E-state index contributed by atoms with van der Waals surface area (Å²) in [6.45, 7) is 1.68. The van der Waals surface area contributed by atoms with E-state index in [0.717, 1.165) is 38.0 Å². The Morgan fingerprint density at radius 3 is 2.87 bits per heavy atom. The molecule has 1 aliphatic heterocycles. The third kappa shape index (κ3) is 3.09. The van der Waals surface area contributed by atoms with Crippen LogP contribution in [0.25, 0.3) is 0 Å². The topological polar surface area (TPSA) is 58.4 Å². The van der Waals surface area contributed by atoms with Crippen molar-refractivity contribution >= 4 is 11.6 Å². The lowest BCUT2D eigenvalue weighted by Crippen LogP contribution is -2.40. The summed E-state index contributed by atoms with van der Waals surface area (Å²) >= 11 is 0. The number of para-hydroxylation sites is 1. The quantitative estimate of drug-likeness (QED) is 0.922. The van der Waals surface area contributed by atoms with Crippen molar-refractivity contribution in [3.05, 3.63) is 47.9 Å². The molecule has 5 heteroatoms.